The minimum Gasteiger partial charge on any atom is -0.330 e. The zero-order chi connectivity index (χ0) is 13.1. The molecule has 2 unspecified atom stereocenters. The summed E-state index contributed by atoms with van der Waals surface area (Å²) in [6.07, 6.45) is 8.62. The molecule has 2 aliphatic carbocycles. The zero-order valence-corrected chi connectivity index (χ0v) is 12.4. The van der Waals surface area contributed by atoms with Crippen LogP contribution in [0.25, 0.3) is 0 Å². The molecular weight excluding hydrogens is 234 g/mol. The maximum absolute atomic E-state index is 5.96. The molecule has 19 heavy (non-hydrogen) atoms. The third-order valence-electron chi connectivity index (χ3n) is 5.54. The fraction of sp³-hybridized carbons (Fsp3) is 1.00. The van der Waals surface area contributed by atoms with E-state index in [-0.39, 0.29) is 0 Å². The van der Waals surface area contributed by atoms with Crippen molar-refractivity contribution < 1.29 is 0 Å². The molecule has 3 heteroatoms. The van der Waals surface area contributed by atoms with Crippen molar-refractivity contribution >= 4 is 0 Å². The number of nitrogens with zero attached hydrogens (tertiary/aromatic N) is 2. The van der Waals surface area contributed by atoms with Gasteiger partial charge < -0.3 is 15.5 Å². The highest BCUT2D eigenvalue weighted by Crippen LogP contribution is 2.31. The molecule has 1 saturated heterocycles. The lowest BCUT2D eigenvalue weighted by Gasteiger charge is -2.39. The maximum Gasteiger partial charge on any atom is 0.0110 e. The van der Waals surface area contributed by atoms with Crippen molar-refractivity contribution in [1.29, 1.82) is 0 Å². The highest BCUT2D eigenvalue weighted by atomic mass is 15.3. The molecule has 1 heterocycles. The van der Waals surface area contributed by atoms with Gasteiger partial charge in [-0.25, -0.2) is 0 Å². The third-order valence-corrected chi connectivity index (χ3v) is 5.54. The number of hydrogen-bond acceptors (Lipinski definition) is 3. The summed E-state index contributed by atoms with van der Waals surface area (Å²) in [5.41, 5.74) is 5.96. The van der Waals surface area contributed by atoms with Gasteiger partial charge in [0.2, 0.25) is 0 Å². The van der Waals surface area contributed by atoms with Crippen molar-refractivity contribution in [3.63, 3.8) is 0 Å². The van der Waals surface area contributed by atoms with E-state index >= 15 is 0 Å². The average Bonchev–Trinajstić information content (AvgIpc) is 3.26. The van der Waals surface area contributed by atoms with Crippen LogP contribution in [0.3, 0.4) is 0 Å². The fourth-order valence-corrected chi connectivity index (χ4v) is 3.99. The average molecular weight is 265 g/mol. The van der Waals surface area contributed by atoms with Gasteiger partial charge in [-0.2, -0.15) is 0 Å². The van der Waals surface area contributed by atoms with Gasteiger partial charge in [-0.3, -0.25) is 0 Å². The Labute approximate surface area is 118 Å². The first-order valence-electron chi connectivity index (χ1n) is 8.50. The first-order valence-corrected chi connectivity index (χ1v) is 8.50. The molecule has 2 N–H and O–H groups in total. The van der Waals surface area contributed by atoms with Crippen LogP contribution in [-0.2, 0) is 0 Å². The Bertz CT molecular complexity index is 269. The van der Waals surface area contributed by atoms with Gasteiger partial charge in [0.25, 0.3) is 0 Å². The van der Waals surface area contributed by atoms with Gasteiger partial charge in [0.15, 0.2) is 0 Å². The number of piperazine rings is 1. The largest absolute Gasteiger partial charge is 0.330 e. The normalized spacial score (nSPS) is 34.6. The summed E-state index contributed by atoms with van der Waals surface area (Å²) in [5, 5.41) is 0. The summed E-state index contributed by atoms with van der Waals surface area (Å²) in [7, 11) is 0. The molecule has 110 valence electrons. The molecule has 3 aliphatic rings. The molecule has 0 aromatic heterocycles. The standard InChI is InChI=1S/C16H31N3/c17-11-15-3-1-2-4-16(15)13-19-9-7-18(8-10-19)12-14-5-6-14/h14-16H,1-13,17H2. The molecule has 0 bridgehead atoms. The Hall–Kier alpha value is -0.120. The molecule has 0 radical (unpaired) electrons. The topological polar surface area (TPSA) is 32.5 Å². The second-order valence-electron chi connectivity index (χ2n) is 7.08. The lowest BCUT2D eigenvalue weighted by Crippen LogP contribution is -2.49. The summed E-state index contributed by atoms with van der Waals surface area (Å²) in [6, 6.07) is 0. The van der Waals surface area contributed by atoms with E-state index < -0.39 is 0 Å². The Balaban J connectivity index is 1.40. The maximum atomic E-state index is 5.96. The van der Waals surface area contributed by atoms with Crippen molar-refractivity contribution in [3.05, 3.63) is 0 Å². The number of hydrogen-bond donors (Lipinski definition) is 1. The lowest BCUT2D eigenvalue weighted by molar-refractivity contribution is 0.0910. The van der Waals surface area contributed by atoms with Crippen LogP contribution in [0.15, 0.2) is 0 Å². The first kappa shape index (κ1) is 13.8. The zero-order valence-electron chi connectivity index (χ0n) is 12.4. The first-order chi connectivity index (χ1) is 9.35. The van der Waals surface area contributed by atoms with Crippen LogP contribution < -0.4 is 5.73 Å². The fourth-order valence-electron chi connectivity index (χ4n) is 3.99. The second-order valence-corrected chi connectivity index (χ2v) is 7.08. The van der Waals surface area contributed by atoms with Crippen molar-refractivity contribution in [2.45, 2.75) is 38.5 Å². The van der Waals surface area contributed by atoms with Crippen molar-refractivity contribution in [2.75, 3.05) is 45.8 Å². The summed E-state index contributed by atoms with van der Waals surface area (Å²) in [6.45, 7) is 8.79. The minimum atomic E-state index is 0.804. The summed E-state index contributed by atoms with van der Waals surface area (Å²) >= 11 is 0. The van der Waals surface area contributed by atoms with Crippen molar-refractivity contribution in [3.8, 4) is 0 Å². The van der Waals surface area contributed by atoms with Crippen LogP contribution in [0.4, 0.5) is 0 Å². The van der Waals surface area contributed by atoms with Gasteiger partial charge in [0.05, 0.1) is 0 Å². The summed E-state index contributed by atoms with van der Waals surface area (Å²) in [5.74, 6) is 2.73. The van der Waals surface area contributed by atoms with Gasteiger partial charge >= 0.3 is 0 Å². The van der Waals surface area contributed by atoms with E-state index in [9.17, 15) is 0 Å². The van der Waals surface area contributed by atoms with Gasteiger partial charge in [0.1, 0.15) is 0 Å². The lowest BCUT2D eigenvalue weighted by atomic mass is 9.79. The Morgan fingerprint density at radius 2 is 1.32 bits per heavy atom. The smallest absolute Gasteiger partial charge is 0.0110 e. The van der Waals surface area contributed by atoms with Crippen LogP contribution in [0, 0.1) is 17.8 Å². The molecule has 2 atom stereocenters. The van der Waals surface area contributed by atoms with E-state index in [0.29, 0.717) is 0 Å². The van der Waals surface area contributed by atoms with E-state index in [4.69, 9.17) is 5.73 Å². The van der Waals surface area contributed by atoms with Gasteiger partial charge in [-0.05, 0) is 50.0 Å². The van der Waals surface area contributed by atoms with Crippen molar-refractivity contribution in [2.24, 2.45) is 23.5 Å². The molecule has 3 nitrogen and oxygen atoms in total. The molecule has 0 aromatic carbocycles. The van der Waals surface area contributed by atoms with Crippen molar-refractivity contribution in [1.82, 2.24) is 9.80 Å². The van der Waals surface area contributed by atoms with E-state index in [1.54, 1.807) is 0 Å². The van der Waals surface area contributed by atoms with Gasteiger partial charge in [0, 0.05) is 39.3 Å². The summed E-state index contributed by atoms with van der Waals surface area (Å²) < 4.78 is 0. The molecule has 0 spiro atoms. The molecule has 0 aromatic rings. The third kappa shape index (κ3) is 3.93. The predicted molar refractivity (Wildman–Crippen MR) is 80.1 cm³/mol. The van der Waals surface area contributed by atoms with Gasteiger partial charge in [-0.15, -0.1) is 0 Å². The predicted octanol–water partition coefficient (Wildman–Crippen LogP) is 1.78. The molecule has 1 aliphatic heterocycles. The molecule has 0 amide bonds. The highest BCUT2D eigenvalue weighted by Gasteiger charge is 2.29. The Kier molecular flexibility index (Phi) is 4.78. The van der Waals surface area contributed by atoms with Crippen LogP contribution in [-0.4, -0.2) is 55.6 Å². The monoisotopic (exact) mass is 265 g/mol. The number of nitrogens with two attached hydrogens (primary N) is 1. The molecule has 3 rings (SSSR count). The SMILES string of the molecule is NCC1CCCCC1CN1CCN(CC2CC2)CC1. The van der Waals surface area contributed by atoms with Crippen LogP contribution in [0.5, 0.6) is 0 Å². The highest BCUT2D eigenvalue weighted by molar-refractivity contribution is 4.83. The van der Waals surface area contributed by atoms with E-state index in [2.05, 4.69) is 9.80 Å². The van der Waals surface area contributed by atoms with Crippen LogP contribution in [0.2, 0.25) is 0 Å². The van der Waals surface area contributed by atoms with Gasteiger partial charge in [-0.1, -0.05) is 12.8 Å². The summed E-state index contributed by atoms with van der Waals surface area (Å²) in [4.78, 5) is 5.40. The Morgan fingerprint density at radius 3 is 1.89 bits per heavy atom. The molecule has 2 saturated carbocycles. The molecular formula is C16H31N3. The van der Waals surface area contributed by atoms with E-state index in [1.807, 2.05) is 0 Å². The van der Waals surface area contributed by atoms with E-state index in [1.165, 1.54) is 77.8 Å². The quantitative estimate of drug-likeness (QED) is 0.822. The minimum absolute atomic E-state index is 0.804. The Morgan fingerprint density at radius 1 is 0.737 bits per heavy atom. The van der Waals surface area contributed by atoms with Crippen LogP contribution in [0.1, 0.15) is 38.5 Å². The van der Waals surface area contributed by atoms with E-state index in [0.717, 1.165) is 24.3 Å². The van der Waals surface area contributed by atoms with Crippen LogP contribution >= 0.6 is 0 Å². The second kappa shape index (κ2) is 6.55. The number of rotatable bonds is 5. The molecule has 3 fully saturated rings.